The minimum Gasteiger partial charge on any atom is -0.378 e. The lowest BCUT2D eigenvalue weighted by Crippen LogP contribution is -2.36. The maximum atomic E-state index is 12.7. The molecular weight excluding hydrogens is 358 g/mol. The third kappa shape index (κ3) is 3.17. The van der Waals surface area contributed by atoms with Crippen molar-refractivity contribution in [2.45, 2.75) is 19.4 Å². The third-order valence-corrected chi connectivity index (χ3v) is 6.72. The molecule has 0 radical (unpaired) electrons. The predicted octanol–water partition coefficient (Wildman–Crippen LogP) is 3.17. The van der Waals surface area contributed by atoms with Crippen LogP contribution in [0.4, 0.5) is 5.69 Å². The van der Waals surface area contributed by atoms with E-state index in [0.29, 0.717) is 6.54 Å². The second-order valence-electron chi connectivity index (χ2n) is 7.28. The number of morpholine rings is 1. The number of carbonyl (C=O) groups excluding carboxylic acids is 1. The minimum absolute atomic E-state index is 0.189. The van der Waals surface area contributed by atoms with Crippen molar-refractivity contribution in [2.24, 2.45) is 4.99 Å². The summed E-state index contributed by atoms with van der Waals surface area (Å²) in [6, 6.07) is 10.7. The SMILES string of the molecule is O=C(c1cc2c(s1)C(c1ccc(N3CCOCC3)cc1)=NC2)N1CCCC1. The standard InChI is InChI=1S/C21H23N3O2S/c25-21(24-7-1-2-8-24)18-13-16-14-22-19(20(16)27-18)15-3-5-17(6-4-15)23-9-11-26-12-10-23/h3-6,13H,1-2,7-12,14H2. The second-order valence-corrected chi connectivity index (χ2v) is 8.33. The smallest absolute Gasteiger partial charge is 0.263 e. The van der Waals surface area contributed by atoms with Gasteiger partial charge in [-0.3, -0.25) is 9.79 Å². The van der Waals surface area contributed by atoms with Crippen LogP contribution in [-0.4, -0.2) is 55.9 Å². The van der Waals surface area contributed by atoms with Crippen molar-refractivity contribution in [3.63, 3.8) is 0 Å². The molecule has 140 valence electrons. The molecule has 0 spiro atoms. The first-order valence-corrected chi connectivity index (χ1v) is 10.5. The summed E-state index contributed by atoms with van der Waals surface area (Å²) in [4.78, 5) is 23.8. The number of amides is 1. The van der Waals surface area contributed by atoms with Gasteiger partial charge in [-0.25, -0.2) is 0 Å². The van der Waals surface area contributed by atoms with E-state index in [1.807, 2.05) is 4.90 Å². The average Bonchev–Trinajstić information content (AvgIpc) is 3.45. The first kappa shape index (κ1) is 17.0. The summed E-state index contributed by atoms with van der Waals surface area (Å²) >= 11 is 1.60. The molecule has 0 saturated carbocycles. The number of nitrogens with zero attached hydrogens (tertiary/aromatic N) is 3. The normalized spacial score (nSPS) is 19.3. The quantitative estimate of drug-likeness (QED) is 0.820. The molecule has 2 fully saturated rings. The molecule has 4 heterocycles. The third-order valence-electron chi connectivity index (χ3n) is 5.55. The molecule has 3 aliphatic rings. The van der Waals surface area contributed by atoms with Crippen molar-refractivity contribution >= 4 is 28.6 Å². The van der Waals surface area contributed by atoms with Crippen LogP contribution in [0.1, 0.15) is 38.5 Å². The van der Waals surface area contributed by atoms with Crippen molar-refractivity contribution < 1.29 is 9.53 Å². The van der Waals surface area contributed by atoms with Crippen LogP contribution in [0.3, 0.4) is 0 Å². The van der Waals surface area contributed by atoms with Gasteiger partial charge in [0.1, 0.15) is 0 Å². The summed E-state index contributed by atoms with van der Waals surface area (Å²) < 4.78 is 5.43. The lowest BCUT2D eigenvalue weighted by molar-refractivity contribution is 0.0797. The molecule has 2 saturated heterocycles. The van der Waals surface area contributed by atoms with Gasteiger partial charge >= 0.3 is 0 Å². The molecule has 1 aromatic carbocycles. The highest BCUT2D eigenvalue weighted by atomic mass is 32.1. The summed E-state index contributed by atoms with van der Waals surface area (Å²) in [5, 5.41) is 0. The molecule has 0 atom stereocenters. The van der Waals surface area contributed by atoms with Gasteiger partial charge < -0.3 is 14.5 Å². The zero-order chi connectivity index (χ0) is 18.2. The molecule has 1 aromatic heterocycles. The molecule has 5 nitrogen and oxygen atoms in total. The maximum absolute atomic E-state index is 12.7. The predicted molar refractivity (Wildman–Crippen MR) is 108 cm³/mol. The number of hydrogen-bond acceptors (Lipinski definition) is 5. The monoisotopic (exact) mass is 381 g/mol. The number of likely N-dealkylation sites (tertiary alicyclic amines) is 1. The van der Waals surface area contributed by atoms with Gasteiger partial charge in [0.15, 0.2) is 0 Å². The Morgan fingerprint density at radius 2 is 1.78 bits per heavy atom. The second kappa shape index (κ2) is 7.09. The van der Waals surface area contributed by atoms with Crippen LogP contribution in [0.15, 0.2) is 35.3 Å². The number of aliphatic imine (C=N–C) groups is 1. The first-order valence-electron chi connectivity index (χ1n) is 9.69. The van der Waals surface area contributed by atoms with Crippen molar-refractivity contribution in [3.05, 3.63) is 51.2 Å². The van der Waals surface area contributed by atoms with Gasteiger partial charge in [-0.1, -0.05) is 12.1 Å². The van der Waals surface area contributed by atoms with Gasteiger partial charge in [0.05, 0.1) is 35.2 Å². The number of thiophene rings is 1. The molecule has 2 aromatic rings. The van der Waals surface area contributed by atoms with E-state index in [0.717, 1.165) is 73.3 Å². The highest BCUT2D eigenvalue weighted by Crippen LogP contribution is 2.33. The van der Waals surface area contributed by atoms with Crippen molar-refractivity contribution in [1.29, 1.82) is 0 Å². The Morgan fingerprint density at radius 1 is 1.04 bits per heavy atom. The highest BCUT2D eigenvalue weighted by molar-refractivity contribution is 7.16. The Bertz CT molecular complexity index is 875. The van der Waals surface area contributed by atoms with Gasteiger partial charge in [0, 0.05) is 37.4 Å². The molecule has 0 unspecified atom stereocenters. The zero-order valence-electron chi connectivity index (χ0n) is 15.3. The Kier molecular flexibility index (Phi) is 4.45. The van der Waals surface area contributed by atoms with Crippen LogP contribution >= 0.6 is 11.3 Å². The van der Waals surface area contributed by atoms with Crippen molar-refractivity contribution in [1.82, 2.24) is 4.90 Å². The Hall–Kier alpha value is -2.18. The summed E-state index contributed by atoms with van der Waals surface area (Å²) in [5.41, 5.74) is 4.59. The van der Waals surface area contributed by atoms with E-state index in [1.54, 1.807) is 11.3 Å². The molecule has 5 rings (SSSR count). The summed E-state index contributed by atoms with van der Waals surface area (Å²) in [7, 11) is 0. The Morgan fingerprint density at radius 3 is 2.52 bits per heavy atom. The Balaban J connectivity index is 1.36. The minimum atomic E-state index is 0.189. The lowest BCUT2D eigenvalue weighted by Gasteiger charge is -2.28. The van der Waals surface area contributed by atoms with Crippen LogP contribution in [0.25, 0.3) is 0 Å². The van der Waals surface area contributed by atoms with Crippen molar-refractivity contribution in [3.8, 4) is 0 Å². The van der Waals surface area contributed by atoms with E-state index < -0.39 is 0 Å². The number of rotatable bonds is 3. The van der Waals surface area contributed by atoms with Gasteiger partial charge in [-0.05, 0) is 36.6 Å². The number of ether oxygens (including phenoxy) is 1. The van der Waals surface area contributed by atoms with Crippen LogP contribution in [0.5, 0.6) is 0 Å². The van der Waals surface area contributed by atoms with E-state index in [4.69, 9.17) is 9.73 Å². The molecule has 6 heteroatoms. The fourth-order valence-corrected chi connectivity index (χ4v) is 5.21. The first-order chi connectivity index (χ1) is 13.3. The molecule has 0 aliphatic carbocycles. The lowest BCUT2D eigenvalue weighted by atomic mass is 10.1. The Labute approximate surface area is 163 Å². The number of hydrogen-bond donors (Lipinski definition) is 0. The zero-order valence-corrected chi connectivity index (χ0v) is 16.1. The van der Waals surface area contributed by atoms with E-state index in [2.05, 4.69) is 35.2 Å². The molecule has 27 heavy (non-hydrogen) atoms. The van der Waals surface area contributed by atoms with Gasteiger partial charge in [0.2, 0.25) is 0 Å². The number of carbonyl (C=O) groups is 1. The molecular formula is C21H23N3O2S. The summed E-state index contributed by atoms with van der Waals surface area (Å²) in [6.07, 6.45) is 2.25. The number of fused-ring (bicyclic) bond motifs is 1. The molecule has 0 bridgehead atoms. The van der Waals surface area contributed by atoms with E-state index >= 15 is 0 Å². The summed E-state index contributed by atoms with van der Waals surface area (Å²) in [6.45, 7) is 5.94. The maximum Gasteiger partial charge on any atom is 0.263 e. The molecule has 0 N–H and O–H groups in total. The van der Waals surface area contributed by atoms with Gasteiger partial charge in [-0.15, -0.1) is 11.3 Å². The summed E-state index contributed by atoms with van der Waals surface area (Å²) in [5.74, 6) is 0.189. The van der Waals surface area contributed by atoms with Gasteiger partial charge in [0.25, 0.3) is 5.91 Å². The fraction of sp³-hybridized carbons (Fsp3) is 0.429. The highest BCUT2D eigenvalue weighted by Gasteiger charge is 2.26. The number of benzene rings is 1. The number of anilines is 1. The topological polar surface area (TPSA) is 45.1 Å². The van der Waals surface area contributed by atoms with Crippen LogP contribution in [0, 0.1) is 0 Å². The largest absolute Gasteiger partial charge is 0.378 e. The van der Waals surface area contributed by atoms with Gasteiger partial charge in [-0.2, -0.15) is 0 Å². The fourth-order valence-electron chi connectivity index (χ4n) is 4.04. The van der Waals surface area contributed by atoms with Crippen molar-refractivity contribution in [2.75, 3.05) is 44.3 Å². The molecule has 3 aliphatic heterocycles. The van der Waals surface area contributed by atoms with Crippen LogP contribution < -0.4 is 4.90 Å². The van der Waals surface area contributed by atoms with E-state index in [-0.39, 0.29) is 5.91 Å². The van der Waals surface area contributed by atoms with E-state index in [9.17, 15) is 4.79 Å². The van der Waals surface area contributed by atoms with Crippen LogP contribution in [-0.2, 0) is 11.3 Å². The van der Waals surface area contributed by atoms with Crippen LogP contribution in [0.2, 0.25) is 0 Å². The molecule has 1 amide bonds. The van der Waals surface area contributed by atoms with E-state index in [1.165, 1.54) is 11.3 Å². The average molecular weight is 382 g/mol.